The summed E-state index contributed by atoms with van der Waals surface area (Å²) in [5, 5.41) is 8.86. The van der Waals surface area contributed by atoms with Gasteiger partial charge in [-0.2, -0.15) is 0 Å². The van der Waals surface area contributed by atoms with E-state index in [9.17, 15) is 14.0 Å². The molecule has 0 bridgehead atoms. The van der Waals surface area contributed by atoms with Crippen LogP contribution in [0.25, 0.3) is 0 Å². The van der Waals surface area contributed by atoms with Crippen LogP contribution in [0.2, 0.25) is 0 Å². The second-order valence-electron chi connectivity index (χ2n) is 4.28. The van der Waals surface area contributed by atoms with Gasteiger partial charge in [0.1, 0.15) is 11.9 Å². The molecule has 1 atom stereocenters. The van der Waals surface area contributed by atoms with E-state index in [4.69, 9.17) is 10.8 Å². The molecule has 0 saturated carbocycles. The lowest BCUT2D eigenvalue weighted by molar-refractivity contribution is -0.138. The smallest absolute Gasteiger partial charge is 0.325 e. The molecule has 1 unspecified atom stereocenters. The first kappa shape index (κ1) is 13.9. The van der Waals surface area contributed by atoms with Crippen molar-refractivity contribution < 1.29 is 19.1 Å². The van der Waals surface area contributed by atoms with Crippen molar-refractivity contribution in [1.29, 1.82) is 0 Å². The van der Waals surface area contributed by atoms with Crippen molar-refractivity contribution in [2.75, 3.05) is 0 Å². The zero-order valence-electron chi connectivity index (χ0n) is 10.4. The van der Waals surface area contributed by atoms with Gasteiger partial charge in [-0.25, -0.2) is 4.39 Å². The molecule has 20 heavy (non-hydrogen) atoms. The molecule has 0 heterocycles. The minimum absolute atomic E-state index is 0.311. The molecule has 0 aliphatic rings. The van der Waals surface area contributed by atoms with Crippen molar-refractivity contribution in [2.45, 2.75) is 6.04 Å². The van der Waals surface area contributed by atoms with Gasteiger partial charge in [0.15, 0.2) is 5.78 Å². The molecule has 0 fully saturated rings. The molecule has 3 N–H and O–H groups in total. The van der Waals surface area contributed by atoms with Gasteiger partial charge in [-0.05, 0) is 35.9 Å². The van der Waals surface area contributed by atoms with E-state index >= 15 is 0 Å². The molecule has 0 aliphatic heterocycles. The Bertz CT molecular complexity index is 652. The fourth-order valence-corrected chi connectivity index (χ4v) is 1.78. The number of nitrogens with two attached hydrogens (primary N) is 1. The van der Waals surface area contributed by atoms with Crippen molar-refractivity contribution >= 4 is 11.8 Å². The molecular weight excluding hydrogens is 261 g/mol. The molecule has 0 spiro atoms. The number of hydrogen-bond donors (Lipinski definition) is 2. The monoisotopic (exact) mass is 273 g/mol. The lowest BCUT2D eigenvalue weighted by Crippen LogP contribution is -2.20. The molecular formula is C15H12FNO3. The van der Waals surface area contributed by atoms with E-state index in [0.717, 1.165) is 0 Å². The first-order chi connectivity index (χ1) is 9.49. The number of halogens is 1. The highest BCUT2D eigenvalue weighted by Gasteiger charge is 2.16. The highest BCUT2D eigenvalue weighted by molar-refractivity contribution is 6.09. The first-order valence-electron chi connectivity index (χ1n) is 5.87. The minimum atomic E-state index is -1.18. The lowest BCUT2D eigenvalue weighted by Gasteiger charge is -2.08. The van der Waals surface area contributed by atoms with E-state index in [1.54, 1.807) is 18.2 Å². The maximum absolute atomic E-state index is 12.8. The van der Waals surface area contributed by atoms with Crippen LogP contribution in [0.4, 0.5) is 4.39 Å². The summed E-state index contributed by atoms with van der Waals surface area (Å²) in [6.07, 6.45) is 0. The zero-order chi connectivity index (χ0) is 14.7. The molecule has 0 aromatic heterocycles. The van der Waals surface area contributed by atoms with E-state index < -0.39 is 17.8 Å². The molecule has 2 aromatic rings. The molecule has 0 saturated heterocycles. The largest absolute Gasteiger partial charge is 0.480 e. The van der Waals surface area contributed by atoms with Gasteiger partial charge in [0.2, 0.25) is 0 Å². The molecule has 5 heteroatoms. The van der Waals surface area contributed by atoms with Gasteiger partial charge in [0.05, 0.1) is 0 Å². The third-order valence-electron chi connectivity index (χ3n) is 2.88. The van der Waals surface area contributed by atoms with Gasteiger partial charge in [0.25, 0.3) is 0 Å². The van der Waals surface area contributed by atoms with Crippen LogP contribution in [-0.4, -0.2) is 16.9 Å². The van der Waals surface area contributed by atoms with Crippen LogP contribution in [0.5, 0.6) is 0 Å². The fourth-order valence-electron chi connectivity index (χ4n) is 1.78. The van der Waals surface area contributed by atoms with Gasteiger partial charge in [-0.3, -0.25) is 9.59 Å². The predicted molar refractivity (Wildman–Crippen MR) is 70.8 cm³/mol. The molecule has 0 aliphatic carbocycles. The number of carbonyl (C=O) groups excluding carboxylic acids is 1. The highest BCUT2D eigenvalue weighted by atomic mass is 19.1. The standard InChI is InChI=1S/C15H12FNO3/c16-12-6-4-9(5-7-12)14(18)11-3-1-2-10(8-11)13(17)15(19)20/h1-8,13H,17H2,(H,19,20). The van der Waals surface area contributed by atoms with Crippen LogP contribution < -0.4 is 5.73 Å². The van der Waals surface area contributed by atoms with Gasteiger partial charge < -0.3 is 10.8 Å². The van der Waals surface area contributed by atoms with E-state index in [1.807, 2.05) is 0 Å². The van der Waals surface area contributed by atoms with E-state index in [-0.39, 0.29) is 5.78 Å². The maximum Gasteiger partial charge on any atom is 0.325 e. The second-order valence-corrected chi connectivity index (χ2v) is 4.28. The third-order valence-corrected chi connectivity index (χ3v) is 2.88. The number of benzene rings is 2. The number of carboxylic acid groups (broad SMARTS) is 1. The number of rotatable bonds is 4. The summed E-state index contributed by atoms with van der Waals surface area (Å²) in [7, 11) is 0. The second kappa shape index (κ2) is 5.63. The molecule has 2 aromatic carbocycles. The highest BCUT2D eigenvalue weighted by Crippen LogP contribution is 2.16. The number of carboxylic acids is 1. The van der Waals surface area contributed by atoms with Crippen LogP contribution in [0.1, 0.15) is 27.5 Å². The van der Waals surface area contributed by atoms with Crippen LogP contribution in [0.3, 0.4) is 0 Å². The molecule has 4 nitrogen and oxygen atoms in total. The predicted octanol–water partition coefficient (Wildman–Crippen LogP) is 2.14. The fraction of sp³-hybridized carbons (Fsp3) is 0.0667. The van der Waals surface area contributed by atoms with Crippen molar-refractivity contribution in [2.24, 2.45) is 5.73 Å². The van der Waals surface area contributed by atoms with Gasteiger partial charge in [0, 0.05) is 11.1 Å². The van der Waals surface area contributed by atoms with E-state index in [1.165, 1.54) is 30.3 Å². The number of ketones is 1. The average Bonchev–Trinajstić information content (AvgIpc) is 2.46. The van der Waals surface area contributed by atoms with Crippen molar-refractivity contribution in [3.8, 4) is 0 Å². The topological polar surface area (TPSA) is 80.4 Å². The van der Waals surface area contributed by atoms with Crippen LogP contribution in [0, 0.1) is 5.82 Å². The van der Waals surface area contributed by atoms with E-state index in [0.29, 0.717) is 16.7 Å². The molecule has 2 rings (SSSR count). The summed E-state index contributed by atoms with van der Waals surface area (Å²) in [5.41, 5.74) is 6.48. The van der Waals surface area contributed by atoms with Gasteiger partial charge in [-0.1, -0.05) is 18.2 Å². The Hall–Kier alpha value is -2.53. The van der Waals surface area contributed by atoms with Crippen LogP contribution in [-0.2, 0) is 4.79 Å². The third kappa shape index (κ3) is 2.89. The quantitative estimate of drug-likeness (QED) is 0.836. The zero-order valence-corrected chi connectivity index (χ0v) is 10.4. The summed E-state index contributed by atoms with van der Waals surface area (Å²) in [4.78, 5) is 23.0. The summed E-state index contributed by atoms with van der Waals surface area (Å²) in [5.74, 6) is -1.91. The molecule has 0 amide bonds. The Balaban J connectivity index is 2.33. The van der Waals surface area contributed by atoms with Crippen molar-refractivity contribution in [3.63, 3.8) is 0 Å². The SMILES string of the molecule is NC(C(=O)O)c1cccc(C(=O)c2ccc(F)cc2)c1. The molecule has 0 radical (unpaired) electrons. The summed E-state index contributed by atoms with van der Waals surface area (Å²) >= 11 is 0. The Morgan fingerprint density at radius 1 is 1.05 bits per heavy atom. The van der Waals surface area contributed by atoms with E-state index in [2.05, 4.69) is 0 Å². The van der Waals surface area contributed by atoms with Crippen molar-refractivity contribution in [1.82, 2.24) is 0 Å². The maximum atomic E-state index is 12.8. The minimum Gasteiger partial charge on any atom is -0.480 e. The van der Waals surface area contributed by atoms with Crippen LogP contribution >= 0.6 is 0 Å². The van der Waals surface area contributed by atoms with Gasteiger partial charge in [-0.15, -0.1) is 0 Å². The van der Waals surface area contributed by atoms with Crippen molar-refractivity contribution in [3.05, 3.63) is 71.0 Å². The van der Waals surface area contributed by atoms with Gasteiger partial charge >= 0.3 is 5.97 Å². The summed E-state index contributed by atoms with van der Waals surface area (Å²) in [6.45, 7) is 0. The Morgan fingerprint density at radius 2 is 1.70 bits per heavy atom. The summed E-state index contributed by atoms with van der Waals surface area (Å²) in [6, 6.07) is 10.1. The molecule has 102 valence electrons. The first-order valence-corrected chi connectivity index (χ1v) is 5.87. The number of aliphatic carboxylic acids is 1. The van der Waals surface area contributed by atoms with Crippen LogP contribution in [0.15, 0.2) is 48.5 Å². The normalized spacial score (nSPS) is 11.9. The average molecular weight is 273 g/mol. The number of hydrogen-bond acceptors (Lipinski definition) is 3. The Kier molecular flexibility index (Phi) is 3.91. The summed E-state index contributed by atoms with van der Waals surface area (Å²) < 4.78 is 12.8. The Labute approximate surface area is 114 Å². The Morgan fingerprint density at radius 3 is 2.30 bits per heavy atom. The number of carbonyl (C=O) groups is 2. The lowest BCUT2D eigenvalue weighted by atomic mass is 9.99.